The van der Waals surface area contributed by atoms with Crippen LogP contribution in [0.2, 0.25) is 0 Å². The van der Waals surface area contributed by atoms with Gasteiger partial charge in [0.25, 0.3) is 0 Å². The van der Waals surface area contributed by atoms with Gasteiger partial charge in [-0.3, -0.25) is 19.4 Å². The third-order valence-corrected chi connectivity index (χ3v) is 15.0. The van der Waals surface area contributed by atoms with Crippen LogP contribution in [0.4, 0.5) is 62.3 Å². The molecule has 2 amide bonds. The van der Waals surface area contributed by atoms with Gasteiger partial charge in [0, 0.05) is 51.2 Å². The van der Waals surface area contributed by atoms with Gasteiger partial charge in [-0.2, -0.15) is 62.7 Å². The molecule has 0 spiro atoms. The normalized spacial score (nSPS) is 23.5. The number of rotatable bonds is 10. The summed E-state index contributed by atoms with van der Waals surface area (Å²) in [4.78, 5) is 67.0. The largest absolute Gasteiger partial charge is 0.457 e. The number of carbonyl (C=O) groups is 4. The summed E-state index contributed by atoms with van der Waals surface area (Å²) in [7, 11) is 0. The molecule has 4 saturated heterocycles. The van der Waals surface area contributed by atoms with Gasteiger partial charge in [0.2, 0.25) is 0 Å². The van der Waals surface area contributed by atoms with E-state index < -0.39 is 81.6 Å². The highest BCUT2D eigenvalue weighted by Gasteiger charge is 2.41. The van der Waals surface area contributed by atoms with Gasteiger partial charge in [-0.05, 0) is 123 Å². The zero-order valence-corrected chi connectivity index (χ0v) is 40.5. The van der Waals surface area contributed by atoms with Gasteiger partial charge in [0.05, 0.1) is 45.2 Å². The summed E-state index contributed by atoms with van der Waals surface area (Å²) in [5, 5.41) is -0.909. The Morgan fingerprint density at radius 2 is 0.905 bits per heavy atom. The molecule has 74 heavy (non-hydrogen) atoms. The molecule has 8 rings (SSSR count). The second-order valence-corrected chi connectivity index (χ2v) is 20.5. The first-order chi connectivity index (χ1) is 34.7. The summed E-state index contributed by atoms with van der Waals surface area (Å²) in [5.74, 6) is -0.989. The number of piperidine rings is 2. The number of hydrogen-bond donors (Lipinski definition) is 0. The SMILES string of the molecule is O=C(/C=C/C(=O)OC1CCN(C2=NC(=O)SC2=CC2CCN(Cc3ccc(C(F)(F)F)cc3C(F)(F)F)CC2)C1)OC1CCN(C2=NC(=O)SC2=CC2CCN(Cc3ccc(C(F)(F)F)cc3C(F)(F)F)CC2)C1. The van der Waals surface area contributed by atoms with Crippen molar-refractivity contribution in [2.24, 2.45) is 21.8 Å². The molecule has 4 fully saturated rings. The predicted molar refractivity (Wildman–Crippen MR) is 247 cm³/mol. The van der Waals surface area contributed by atoms with E-state index >= 15 is 0 Å². The lowest BCUT2D eigenvalue weighted by Gasteiger charge is -2.32. The first-order valence-corrected chi connectivity index (χ1v) is 25.0. The number of allylic oxidation sites excluding steroid dienone is 2. The lowest BCUT2D eigenvalue weighted by molar-refractivity contribution is -0.145. The third-order valence-electron chi connectivity index (χ3n) is 13.4. The average Bonchev–Trinajstić information content (AvgIpc) is 4.13. The fraction of sp³-hybridized carbons (Fsp3) is 0.500. The molecule has 6 aliphatic rings. The maximum Gasteiger partial charge on any atom is 0.416 e. The van der Waals surface area contributed by atoms with Crippen molar-refractivity contribution in [2.45, 2.75) is 88.5 Å². The maximum absolute atomic E-state index is 13.7. The van der Waals surface area contributed by atoms with E-state index in [1.54, 1.807) is 19.6 Å². The Morgan fingerprint density at radius 3 is 1.24 bits per heavy atom. The predicted octanol–water partition coefficient (Wildman–Crippen LogP) is 11.0. The number of ether oxygens (including phenoxy) is 2. The van der Waals surface area contributed by atoms with E-state index in [4.69, 9.17) is 9.47 Å². The van der Waals surface area contributed by atoms with Crippen LogP contribution in [0, 0.1) is 11.8 Å². The summed E-state index contributed by atoms with van der Waals surface area (Å²) in [6.07, 6.45) is -12.6. The van der Waals surface area contributed by atoms with Crippen molar-refractivity contribution in [2.75, 3.05) is 52.4 Å². The van der Waals surface area contributed by atoms with E-state index in [-0.39, 0.29) is 61.3 Å². The van der Waals surface area contributed by atoms with Gasteiger partial charge in [0.1, 0.15) is 23.9 Å². The maximum atomic E-state index is 13.7. The first kappa shape index (κ1) is 54.9. The van der Waals surface area contributed by atoms with Crippen molar-refractivity contribution >= 4 is 57.6 Å². The molecule has 2 aromatic rings. The van der Waals surface area contributed by atoms with Gasteiger partial charge >= 0.3 is 47.1 Å². The highest BCUT2D eigenvalue weighted by molar-refractivity contribution is 8.18. The van der Waals surface area contributed by atoms with Crippen LogP contribution in [0.15, 0.2) is 80.5 Å². The summed E-state index contributed by atoms with van der Waals surface area (Å²) < 4.78 is 172. The Hall–Kier alpha value is -5.34. The monoisotopic (exact) mass is 1090 g/mol. The topological polar surface area (TPSA) is 124 Å². The zero-order valence-electron chi connectivity index (χ0n) is 38.9. The van der Waals surface area contributed by atoms with E-state index in [0.717, 1.165) is 47.8 Å². The van der Waals surface area contributed by atoms with Crippen LogP contribution in [-0.2, 0) is 56.9 Å². The number of nitrogens with zero attached hydrogens (tertiary/aromatic N) is 6. The Labute approximate surface area is 423 Å². The molecule has 0 radical (unpaired) electrons. The van der Waals surface area contributed by atoms with Crippen molar-refractivity contribution in [1.82, 2.24) is 19.6 Å². The van der Waals surface area contributed by atoms with E-state index in [1.165, 1.54) is 0 Å². The number of amides is 2. The lowest BCUT2D eigenvalue weighted by Crippen LogP contribution is -2.34. The fourth-order valence-corrected chi connectivity index (χ4v) is 11.3. The van der Waals surface area contributed by atoms with Crippen LogP contribution in [0.5, 0.6) is 0 Å². The minimum absolute atomic E-state index is 0.0732. The van der Waals surface area contributed by atoms with Gasteiger partial charge in [-0.15, -0.1) is 0 Å². The number of carbonyl (C=O) groups excluding carboxylic acids is 4. The number of hydrogen-bond acceptors (Lipinski definition) is 12. The molecular weight excluding hydrogens is 1050 g/mol. The summed E-state index contributed by atoms with van der Waals surface area (Å²) in [5.41, 5.74) is -5.95. The second kappa shape index (κ2) is 22.1. The van der Waals surface area contributed by atoms with Gasteiger partial charge in [-0.25, -0.2) is 9.59 Å². The molecule has 0 saturated carbocycles. The molecule has 26 heteroatoms. The van der Waals surface area contributed by atoms with Crippen LogP contribution >= 0.6 is 23.5 Å². The molecule has 2 unspecified atom stereocenters. The molecule has 2 aromatic carbocycles. The molecule has 0 aromatic heterocycles. The Balaban J connectivity index is 0.766. The van der Waals surface area contributed by atoms with Crippen LogP contribution in [0.25, 0.3) is 0 Å². The van der Waals surface area contributed by atoms with Crippen LogP contribution in [0.1, 0.15) is 71.9 Å². The first-order valence-electron chi connectivity index (χ1n) is 23.4. The second-order valence-electron chi connectivity index (χ2n) is 18.6. The number of halogens is 12. The Kier molecular flexibility index (Phi) is 16.4. The van der Waals surface area contributed by atoms with Crippen molar-refractivity contribution in [3.63, 3.8) is 0 Å². The molecule has 0 bridgehead atoms. The minimum atomic E-state index is -4.98. The van der Waals surface area contributed by atoms with Crippen molar-refractivity contribution < 1.29 is 81.3 Å². The summed E-state index contributed by atoms with van der Waals surface area (Å²) >= 11 is 1.84. The third kappa shape index (κ3) is 13.9. The molecule has 0 aliphatic carbocycles. The molecule has 2 atom stereocenters. The number of amidine groups is 2. The molecule has 12 nitrogen and oxygen atoms in total. The zero-order chi connectivity index (χ0) is 53.3. The van der Waals surface area contributed by atoms with E-state index in [2.05, 4.69) is 9.98 Å². The van der Waals surface area contributed by atoms with E-state index in [0.29, 0.717) is 111 Å². The lowest BCUT2D eigenvalue weighted by atomic mass is 9.95. The van der Waals surface area contributed by atoms with Crippen molar-refractivity contribution in [3.8, 4) is 0 Å². The van der Waals surface area contributed by atoms with E-state index in [9.17, 15) is 71.9 Å². The minimum Gasteiger partial charge on any atom is -0.457 e. The highest BCUT2D eigenvalue weighted by Crippen LogP contribution is 2.41. The number of likely N-dealkylation sites (tertiary alicyclic amines) is 4. The number of esters is 2. The Morgan fingerprint density at radius 1 is 0.541 bits per heavy atom. The average molecular weight is 1100 g/mol. The number of alkyl halides is 12. The number of thioether (sulfide) groups is 2. The summed E-state index contributed by atoms with van der Waals surface area (Å²) in [6.45, 7) is 2.19. The quantitative estimate of drug-likeness (QED) is 0.128. The smallest absolute Gasteiger partial charge is 0.416 e. The molecule has 6 aliphatic heterocycles. The highest BCUT2D eigenvalue weighted by atomic mass is 32.2. The fourth-order valence-electron chi connectivity index (χ4n) is 9.63. The van der Waals surface area contributed by atoms with Crippen LogP contribution in [-0.4, -0.2) is 118 Å². The molecule has 0 N–H and O–H groups in total. The van der Waals surface area contributed by atoms with Gasteiger partial charge < -0.3 is 19.3 Å². The van der Waals surface area contributed by atoms with Gasteiger partial charge in [-0.1, -0.05) is 24.3 Å². The van der Waals surface area contributed by atoms with Crippen LogP contribution in [0.3, 0.4) is 0 Å². The van der Waals surface area contributed by atoms with Gasteiger partial charge in [0.15, 0.2) is 0 Å². The summed E-state index contributed by atoms with van der Waals surface area (Å²) in [6, 6.07) is 3.28. The van der Waals surface area contributed by atoms with Crippen molar-refractivity contribution in [1.29, 1.82) is 0 Å². The van der Waals surface area contributed by atoms with E-state index in [1.807, 2.05) is 12.2 Å². The Bertz CT molecular complexity index is 2470. The van der Waals surface area contributed by atoms with Crippen LogP contribution < -0.4 is 0 Å². The van der Waals surface area contributed by atoms with Crippen molar-refractivity contribution in [3.05, 3.63) is 104 Å². The number of aliphatic imine (C=N–C) groups is 2. The standard InChI is InChI=1S/C48H46F12N6O6S2/c49-45(50,51)31-3-1-29(35(21-31)47(55,56)57)23-63-13-7-27(8-14-63)19-37-41(61-43(69)73-37)65-17-11-33(25-65)71-39(67)5-6-40(68)72-34-12-18-66(26-34)42-38(74-44(70)62-42)20-28-9-15-64(16-10-28)24-30-2-4-32(46(52,53)54)22-36(30)48(58,59)60/h1-6,19-22,27-28,33-34H,7-18,23-26H2/b6-5+,37-19?,38-20?. The molecule has 6 heterocycles. The molecular formula is C48H46F12N6O6S2. The number of benzene rings is 2. The molecule has 400 valence electrons.